The maximum absolute atomic E-state index is 12.0. The fraction of sp³-hybridized carbons (Fsp3) is 0.667. The Labute approximate surface area is 121 Å². The van der Waals surface area contributed by atoms with Gasteiger partial charge in [-0.05, 0) is 13.3 Å². The lowest BCUT2D eigenvalue weighted by Crippen LogP contribution is -2.45. The van der Waals surface area contributed by atoms with Gasteiger partial charge >= 0.3 is 12.0 Å². The maximum Gasteiger partial charge on any atom is 0.332 e. The van der Waals surface area contributed by atoms with Crippen LogP contribution >= 0.6 is 0 Å². The molecule has 0 aromatic carbocycles. The van der Waals surface area contributed by atoms with Crippen LogP contribution in [-0.2, 0) is 14.4 Å². The first-order chi connectivity index (χ1) is 9.71. The average Bonchev–Trinajstić information content (AvgIpc) is 2.63. The van der Waals surface area contributed by atoms with Crippen molar-refractivity contribution in [3.63, 3.8) is 0 Å². The first-order valence-corrected chi connectivity index (χ1v) is 6.53. The minimum absolute atomic E-state index is 0.0685. The standard InChI is InChI=1S/C12H19N3O6/c1-3-12(2)10(20)15(11(21)14-12)6-8(17)13-5-4-7(16)9(18)19/h7,16H,3-6H2,1-2H3,(H,13,17)(H,14,21)(H,18,19). The summed E-state index contributed by atoms with van der Waals surface area (Å²) in [4.78, 5) is 46.5. The predicted octanol–water partition coefficient (Wildman–Crippen LogP) is -1.34. The number of imide groups is 1. The second-order valence-electron chi connectivity index (χ2n) is 5.00. The molecular formula is C12H19N3O6. The first-order valence-electron chi connectivity index (χ1n) is 6.53. The van der Waals surface area contributed by atoms with Crippen LogP contribution in [0.25, 0.3) is 0 Å². The molecule has 1 rings (SSSR count). The minimum atomic E-state index is -1.56. The number of carboxylic acid groups (broad SMARTS) is 1. The smallest absolute Gasteiger partial charge is 0.332 e. The van der Waals surface area contributed by atoms with Gasteiger partial charge in [0.25, 0.3) is 5.91 Å². The quantitative estimate of drug-likeness (QED) is 0.430. The number of aliphatic hydroxyl groups is 1. The minimum Gasteiger partial charge on any atom is -0.479 e. The number of hydrogen-bond donors (Lipinski definition) is 4. The van der Waals surface area contributed by atoms with E-state index in [9.17, 15) is 19.2 Å². The predicted molar refractivity (Wildman–Crippen MR) is 70.2 cm³/mol. The van der Waals surface area contributed by atoms with E-state index in [0.717, 1.165) is 4.90 Å². The Morgan fingerprint density at radius 3 is 2.52 bits per heavy atom. The van der Waals surface area contributed by atoms with Gasteiger partial charge in [-0.25, -0.2) is 9.59 Å². The van der Waals surface area contributed by atoms with Crippen LogP contribution in [-0.4, -0.2) is 63.7 Å². The van der Waals surface area contributed by atoms with Gasteiger partial charge in [0.1, 0.15) is 12.1 Å². The second kappa shape index (κ2) is 6.53. The Kier molecular flexibility index (Phi) is 5.25. The summed E-state index contributed by atoms with van der Waals surface area (Å²) < 4.78 is 0. The molecule has 4 N–H and O–H groups in total. The van der Waals surface area contributed by atoms with Gasteiger partial charge in [-0.2, -0.15) is 0 Å². The van der Waals surface area contributed by atoms with Gasteiger partial charge in [0, 0.05) is 13.0 Å². The topological polar surface area (TPSA) is 136 Å². The summed E-state index contributed by atoms with van der Waals surface area (Å²) >= 11 is 0. The zero-order valence-corrected chi connectivity index (χ0v) is 11.9. The second-order valence-corrected chi connectivity index (χ2v) is 5.00. The summed E-state index contributed by atoms with van der Waals surface area (Å²) in [6.45, 7) is 2.81. The normalized spacial score (nSPS) is 22.9. The average molecular weight is 301 g/mol. The summed E-state index contributed by atoms with van der Waals surface area (Å²) in [7, 11) is 0. The highest BCUT2D eigenvalue weighted by Gasteiger charge is 2.46. The molecule has 0 saturated carbocycles. The Hall–Kier alpha value is -2.16. The van der Waals surface area contributed by atoms with Gasteiger partial charge in [-0.15, -0.1) is 0 Å². The van der Waals surface area contributed by atoms with Crippen molar-refractivity contribution in [2.24, 2.45) is 0 Å². The van der Waals surface area contributed by atoms with E-state index >= 15 is 0 Å². The van der Waals surface area contributed by atoms with Crippen molar-refractivity contribution in [3.05, 3.63) is 0 Å². The molecule has 9 nitrogen and oxygen atoms in total. The summed E-state index contributed by atoms with van der Waals surface area (Å²) in [5.41, 5.74) is -1.00. The molecule has 118 valence electrons. The molecule has 0 aliphatic carbocycles. The Bertz CT molecular complexity index is 466. The molecule has 1 aliphatic heterocycles. The number of nitrogens with zero attached hydrogens (tertiary/aromatic N) is 1. The lowest BCUT2D eigenvalue weighted by molar-refractivity contribution is -0.147. The van der Waals surface area contributed by atoms with E-state index < -0.39 is 42.0 Å². The Morgan fingerprint density at radius 2 is 2.05 bits per heavy atom. The molecule has 0 aromatic rings. The summed E-state index contributed by atoms with van der Waals surface area (Å²) in [6, 6.07) is -0.634. The zero-order chi connectivity index (χ0) is 16.2. The Morgan fingerprint density at radius 1 is 1.43 bits per heavy atom. The highest BCUT2D eigenvalue weighted by Crippen LogP contribution is 2.20. The molecule has 1 saturated heterocycles. The first kappa shape index (κ1) is 16.9. The van der Waals surface area contributed by atoms with Crippen molar-refractivity contribution in [1.82, 2.24) is 15.5 Å². The third-order valence-corrected chi connectivity index (χ3v) is 3.38. The van der Waals surface area contributed by atoms with Crippen molar-refractivity contribution in [3.8, 4) is 0 Å². The number of carbonyl (C=O) groups excluding carboxylic acids is 3. The number of carbonyl (C=O) groups is 4. The van der Waals surface area contributed by atoms with Gasteiger partial charge in [-0.1, -0.05) is 6.92 Å². The number of rotatable bonds is 7. The van der Waals surface area contributed by atoms with Crippen LogP contribution in [0.5, 0.6) is 0 Å². The summed E-state index contributed by atoms with van der Waals surface area (Å²) in [6.07, 6.45) is -1.32. The molecule has 1 heterocycles. The summed E-state index contributed by atoms with van der Waals surface area (Å²) in [5.74, 6) is -2.45. The van der Waals surface area contributed by atoms with Crippen molar-refractivity contribution in [2.45, 2.75) is 38.3 Å². The third-order valence-electron chi connectivity index (χ3n) is 3.38. The van der Waals surface area contributed by atoms with E-state index in [1.165, 1.54) is 0 Å². The number of nitrogens with one attached hydrogen (secondary N) is 2. The van der Waals surface area contributed by atoms with Gasteiger partial charge in [0.15, 0.2) is 6.10 Å². The monoisotopic (exact) mass is 301 g/mol. The molecule has 2 atom stereocenters. The molecule has 1 aliphatic rings. The van der Waals surface area contributed by atoms with E-state index in [0.29, 0.717) is 6.42 Å². The summed E-state index contributed by atoms with van der Waals surface area (Å²) in [5, 5.41) is 22.4. The molecule has 1 fully saturated rings. The maximum atomic E-state index is 12.0. The van der Waals surface area contributed by atoms with Crippen molar-refractivity contribution < 1.29 is 29.4 Å². The van der Waals surface area contributed by atoms with E-state index in [1.807, 2.05) is 0 Å². The van der Waals surface area contributed by atoms with E-state index in [2.05, 4.69) is 10.6 Å². The molecule has 21 heavy (non-hydrogen) atoms. The highest BCUT2D eigenvalue weighted by molar-refractivity contribution is 6.08. The molecule has 2 unspecified atom stereocenters. The van der Waals surface area contributed by atoms with Crippen molar-refractivity contribution in [1.29, 1.82) is 0 Å². The number of hydrogen-bond acceptors (Lipinski definition) is 5. The van der Waals surface area contributed by atoms with Crippen molar-refractivity contribution >= 4 is 23.8 Å². The van der Waals surface area contributed by atoms with E-state index in [4.69, 9.17) is 10.2 Å². The lowest BCUT2D eigenvalue weighted by atomic mass is 9.99. The van der Waals surface area contributed by atoms with Crippen molar-refractivity contribution in [2.75, 3.05) is 13.1 Å². The SMILES string of the molecule is CCC1(C)NC(=O)N(CC(=O)NCCC(O)C(=O)O)C1=O. The van der Waals surface area contributed by atoms with E-state index in [1.54, 1.807) is 13.8 Å². The van der Waals surface area contributed by atoms with Crippen LogP contribution in [0, 0.1) is 0 Å². The number of aliphatic hydroxyl groups excluding tert-OH is 1. The third kappa shape index (κ3) is 3.91. The van der Waals surface area contributed by atoms with Gasteiger partial charge in [0.2, 0.25) is 5.91 Å². The van der Waals surface area contributed by atoms with Crippen LogP contribution in [0.3, 0.4) is 0 Å². The lowest BCUT2D eigenvalue weighted by Gasteiger charge is -2.19. The number of urea groups is 1. The Balaban J connectivity index is 2.47. The van der Waals surface area contributed by atoms with Crippen LogP contribution in [0.4, 0.5) is 4.79 Å². The molecular weight excluding hydrogens is 282 g/mol. The van der Waals surface area contributed by atoms with Crippen LogP contribution in [0.15, 0.2) is 0 Å². The van der Waals surface area contributed by atoms with E-state index in [-0.39, 0.29) is 13.0 Å². The zero-order valence-electron chi connectivity index (χ0n) is 11.9. The molecule has 0 spiro atoms. The number of aliphatic carboxylic acids is 1. The molecule has 0 aromatic heterocycles. The molecule has 0 bridgehead atoms. The fourth-order valence-corrected chi connectivity index (χ4v) is 1.80. The van der Waals surface area contributed by atoms with Gasteiger partial charge in [0.05, 0.1) is 0 Å². The molecule has 4 amide bonds. The fourth-order valence-electron chi connectivity index (χ4n) is 1.80. The van der Waals surface area contributed by atoms with Gasteiger partial charge in [-0.3, -0.25) is 14.5 Å². The van der Waals surface area contributed by atoms with Crippen LogP contribution < -0.4 is 10.6 Å². The number of amides is 4. The largest absolute Gasteiger partial charge is 0.479 e. The highest BCUT2D eigenvalue weighted by atomic mass is 16.4. The number of carboxylic acids is 1. The van der Waals surface area contributed by atoms with Gasteiger partial charge < -0.3 is 20.8 Å². The van der Waals surface area contributed by atoms with Crippen LogP contribution in [0.1, 0.15) is 26.7 Å². The van der Waals surface area contributed by atoms with Crippen LogP contribution in [0.2, 0.25) is 0 Å². The molecule has 9 heteroatoms. The molecule has 0 radical (unpaired) electrons.